The fraction of sp³-hybridized carbons (Fsp3) is 0.615. The second-order valence-electron chi connectivity index (χ2n) is 4.47. The van der Waals surface area contributed by atoms with E-state index in [1.54, 1.807) is 13.3 Å². The summed E-state index contributed by atoms with van der Waals surface area (Å²) in [5.41, 5.74) is 0. The van der Waals surface area contributed by atoms with Crippen molar-refractivity contribution in [1.82, 2.24) is 15.6 Å². The highest BCUT2D eigenvalue weighted by Gasteiger charge is 2.21. The minimum absolute atomic E-state index is 0.210. The van der Waals surface area contributed by atoms with Gasteiger partial charge in [-0.25, -0.2) is 14.6 Å². The molecule has 21 heavy (non-hydrogen) atoms. The SMILES string of the molecule is CCC(NC(=O)NC(CCCOC)C(=O)O)c1nccs1. The van der Waals surface area contributed by atoms with Crippen molar-refractivity contribution in [2.24, 2.45) is 0 Å². The number of hydrogen-bond acceptors (Lipinski definition) is 5. The van der Waals surface area contributed by atoms with E-state index < -0.39 is 18.0 Å². The van der Waals surface area contributed by atoms with Crippen molar-refractivity contribution in [3.8, 4) is 0 Å². The van der Waals surface area contributed by atoms with Gasteiger partial charge < -0.3 is 20.5 Å². The standard InChI is InChI=1S/C13H21N3O4S/c1-3-9(11-14-6-8-21-11)15-13(19)16-10(12(17)18)5-4-7-20-2/h6,8-10H,3-5,7H2,1-2H3,(H,17,18)(H2,15,16,19). The smallest absolute Gasteiger partial charge is 0.326 e. The predicted molar refractivity (Wildman–Crippen MR) is 79.3 cm³/mol. The van der Waals surface area contributed by atoms with E-state index in [2.05, 4.69) is 15.6 Å². The molecular weight excluding hydrogens is 294 g/mol. The van der Waals surface area contributed by atoms with Gasteiger partial charge in [-0.15, -0.1) is 11.3 Å². The van der Waals surface area contributed by atoms with E-state index in [0.29, 0.717) is 25.9 Å². The predicted octanol–water partition coefficient (Wildman–Crippen LogP) is 1.77. The third-order valence-corrected chi connectivity index (χ3v) is 3.80. The first kappa shape index (κ1) is 17.4. The van der Waals surface area contributed by atoms with Gasteiger partial charge in [0.1, 0.15) is 11.0 Å². The summed E-state index contributed by atoms with van der Waals surface area (Å²) in [5, 5.41) is 17.0. The van der Waals surface area contributed by atoms with Crippen molar-refractivity contribution in [2.45, 2.75) is 38.3 Å². The minimum Gasteiger partial charge on any atom is -0.480 e. The molecule has 0 aliphatic rings. The quantitative estimate of drug-likeness (QED) is 0.603. The Bertz CT molecular complexity index is 439. The van der Waals surface area contributed by atoms with Crippen molar-refractivity contribution in [3.63, 3.8) is 0 Å². The Hall–Kier alpha value is -1.67. The third-order valence-electron chi connectivity index (χ3n) is 2.91. The number of rotatable bonds is 9. The molecule has 2 unspecified atom stereocenters. The molecule has 0 aliphatic carbocycles. The van der Waals surface area contributed by atoms with Crippen LogP contribution in [0.3, 0.4) is 0 Å². The number of carbonyl (C=O) groups is 2. The highest BCUT2D eigenvalue weighted by molar-refractivity contribution is 7.09. The maximum absolute atomic E-state index is 11.9. The first-order valence-corrected chi connectivity index (χ1v) is 7.64. The molecule has 0 saturated heterocycles. The Morgan fingerprint density at radius 1 is 1.48 bits per heavy atom. The molecule has 3 N–H and O–H groups in total. The number of aliphatic carboxylic acids is 1. The Kier molecular flexibility index (Phi) is 7.70. The summed E-state index contributed by atoms with van der Waals surface area (Å²) in [5.74, 6) is -1.05. The zero-order valence-corrected chi connectivity index (χ0v) is 13.0. The first-order chi connectivity index (χ1) is 10.1. The number of urea groups is 1. The number of hydrogen-bond donors (Lipinski definition) is 3. The molecule has 0 bridgehead atoms. The van der Waals surface area contributed by atoms with Gasteiger partial charge in [0, 0.05) is 25.3 Å². The van der Waals surface area contributed by atoms with Gasteiger partial charge in [-0.05, 0) is 19.3 Å². The van der Waals surface area contributed by atoms with Gasteiger partial charge >= 0.3 is 12.0 Å². The number of carboxylic acid groups (broad SMARTS) is 1. The lowest BCUT2D eigenvalue weighted by atomic mass is 10.1. The molecule has 1 rings (SSSR count). The maximum atomic E-state index is 11.9. The van der Waals surface area contributed by atoms with Crippen LogP contribution in [-0.2, 0) is 9.53 Å². The van der Waals surface area contributed by atoms with Crippen LogP contribution in [0.2, 0.25) is 0 Å². The van der Waals surface area contributed by atoms with E-state index in [-0.39, 0.29) is 6.04 Å². The fourth-order valence-electron chi connectivity index (χ4n) is 1.79. The molecule has 7 nitrogen and oxygen atoms in total. The molecule has 1 aromatic rings. The van der Waals surface area contributed by atoms with Gasteiger partial charge in [-0.1, -0.05) is 6.92 Å². The van der Waals surface area contributed by atoms with Crippen molar-refractivity contribution in [3.05, 3.63) is 16.6 Å². The molecule has 0 spiro atoms. The molecule has 2 atom stereocenters. The summed E-state index contributed by atoms with van der Waals surface area (Å²) in [6.45, 7) is 2.39. The molecule has 2 amide bonds. The number of carboxylic acids is 1. The molecule has 1 heterocycles. The normalized spacial score (nSPS) is 13.4. The zero-order chi connectivity index (χ0) is 15.7. The average Bonchev–Trinajstić information content (AvgIpc) is 2.97. The van der Waals surface area contributed by atoms with Crippen LogP contribution < -0.4 is 10.6 Å². The van der Waals surface area contributed by atoms with Gasteiger partial charge in [0.15, 0.2) is 0 Å². The number of carbonyl (C=O) groups excluding carboxylic acids is 1. The summed E-state index contributed by atoms with van der Waals surface area (Å²) >= 11 is 1.45. The van der Waals surface area contributed by atoms with Crippen LogP contribution in [0.5, 0.6) is 0 Å². The molecular formula is C13H21N3O4S. The van der Waals surface area contributed by atoms with Crippen LogP contribution in [0.1, 0.15) is 37.2 Å². The van der Waals surface area contributed by atoms with Gasteiger partial charge in [0.05, 0.1) is 6.04 Å². The minimum atomic E-state index is -1.05. The van der Waals surface area contributed by atoms with Crippen LogP contribution in [0, 0.1) is 0 Å². The number of methoxy groups -OCH3 is 1. The van der Waals surface area contributed by atoms with Gasteiger partial charge in [-0.2, -0.15) is 0 Å². The maximum Gasteiger partial charge on any atom is 0.326 e. The molecule has 0 aromatic carbocycles. The number of aromatic nitrogens is 1. The second-order valence-corrected chi connectivity index (χ2v) is 5.40. The van der Waals surface area contributed by atoms with Crippen LogP contribution in [0.15, 0.2) is 11.6 Å². The lowest BCUT2D eigenvalue weighted by Gasteiger charge is -2.18. The van der Waals surface area contributed by atoms with Crippen LogP contribution in [0.4, 0.5) is 4.79 Å². The van der Waals surface area contributed by atoms with E-state index in [4.69, 9.17) is 9.84 Å². The highest BCUT2D eigenvalue weighted by atomic mass is 32.1. The molecule has 1 aromatic heterocycles. The van der Waals surface area contributed by atoms with Crippen LogP contribution in [0.25, 0.3) is 0 Å². The van der Waals surface area contributed by atoms with E-state index >= 15 is 0 Å². The Morgan fingerprint density at radius 2 is 2.24 bits per heavy atom. The molecule has 118 valence electrons. The monoisotopic (exact) mass is 315 g/mol. The van der Waals surface area contributed by atoms with Gasteiger partial charge in [0.2, 0.25) is 0 Å². The summed E-state index contributed by atoms with van der Waals surface area (Å²) in [6, 6.07) is -1.63. The van der Waals surface area contributed by atoms with Crippen LogP contribution >= 0.6 is 11.3 Å². The number of amides is 2. The Labute approximate surface area is 127 Å². The fourth-order valence-corrected chi connectivity index (χ4v) is 2.57. The summed E-state index contributed by atoms with van der Waals surface area (Å²) in [6.07, 6.45) is 3.25. The molecule has 0 radical (unpaired) electrons. The van der Waals surface area contributed by atoms with Crippen molar-refractivity contribution < 1.29 is 19.4 Å². The number of nitrogens with one attached hydrogen (secondary N) is 2. The number of nitrogens with zero attached hydrogens (tertiary/aromatic N) is 1. The topological polar surface area (TPSA) is 101 Å². The molecule has 8 heteroatoms. The summed E-state index contributed by atoms with van der Waals surface area (Å²) < 4.78 is 4.88. The van der Waals surface area contributed by atoms with E-state index in [0.717, 1.165) is 5.01 Å². The lowest BCUT2D eigenvalue weighted by Crippen LogP contribution is -2.47. The largest absolute Gasteiger partial charge is 0.480 e. The van der Waals surface area contributed by atoms with Crippen LogP contribution in [-0.4, -0.2) is 41.8 Å². The summed E-state index contributed by atoms with van der Waals surface area (Å²) in [4.78, 5) is 27.2. The van der Waals surface area contributed by atoms with E-state index in [1.807, 2.05) is 12.3 Å². The molecule has 0 saturated carbocycles. The number of ether oxygens (including phenoxy) is 1. The number of thiazole rings is 1. The Morgan fingerprint density at radius 3 is 2.76 bits per heavy atom. The average molecular weight is 315 g/mol. The van der Waals surface area contributed by atoms with Gasteiger partial charge in [0.25, 0.3) is 0 Å². The van der Waals surface area contributed by atoms with Crippen molar-refractivity contribution >= 4 is 23.3 Å². The van der Waals surface area contributed by atoms with Crippen molar-refractivity contribution in [1.29, 1.82) is 0 Å². The van der Waals surface area contributed by atoms with E-state index in [1.165, 1.54) is 11.3 Å². The molecule has 0 aliphatic heterocycles. The lowest BCUT2D eigenvalue weighted by molar-refractivity contribution is -0.139. The summed E-state index contributed by atoms with van der Waals surface area (Å²) in [7, 11) is 1.55. The second kappa shape index (κ2) is 9.30. The van der Waals surface area contributed by atoms with Crippen molar-refractivity contribution in [2.75, 3.05) is 13.7 Å². The first-order valence-electron chi connectivity index (χ1n) is 6.76. The Balaban J connectivity index is 2.50. The van der Waals surface area contributed by atoms with Gasteiger partial charge in [-0.3, -0.25) is 0 Å². The zero-order valence-electron chi connectivity index (χ0n) is 12.2. The third kappa shape index (κ3) is 6.09. The van der Waals surface area contributed by atoms with E-state index in [9.17, 15) is 9.59 Å². The highest BCUT2D eigenvalue weighted by Crippen LogP contribution is 2.18. The molecule has 0 fully saturated rings.